The number of nitrogens with one attached hydrogen (secondary N) is 1. The summed E-state index contributed by atoms with van der Waals surface area (Å²) in [5.41, 5.74) is 5.38. The summed E-state index contributed by atoms with van der Waals surface area (Å²) in [7, 11) is -4.04. The van der Waals surface area contributed by atoms with Crippen LogP contribution in [0.15, 0.2) is 17.0 Å². The second kappa shape index (κ2) is 6.38. The van der Waals surface area contributed by atoms with Gasteiger partial charge in [-0.3, -0.25) is 0 Å². The molecule has 0 aliphatic carbocycles. The van der Waals surface area contributed by atoms with Gasteiger partial charge in [-0.15, -0.1) is 0 Å². The Hall–Kier alpha value is -0.700. The SMILES string of the molecule is Nc1c(Cl)ccc(S(=O)(=O)NCCCC(F)(F)F)c1Cl. The van der Waals surface area contributed by atoms with Crippen molar-refractivity contribution in [3.8, 4) is 0 Å². The topological polar surface area (TPSA) is 72.2 Å². The number of benzene rings is 1. The van der Waals surface area contributed by atoms with E-state index in [-0.39, 0.29) is 33.6 Å². The molecule has 0 spiro atoms. The van der Waals surface area contributed by atoms with Gasteiger partial charge >= 0.3 is 6.18 Å². The molecule has 20 heavy (non-hydrogen) atoms. The van der Waals surface area contributed by atoms with Crippen molar-refractivity contribution in [2.45, 2.75) is 23.9 Å². The summed E-state index contributed by atoms with van der Waals surface area (Å²) < 4.78 is 61.5. The summed E-state index contributed by atoms with van der Waals surface area (Å²) in [6.07, 6.45) is -5.77. The smallest absolute Gasteiger partial charge is 0.389 e. The molecule has 0 aliphatic rings. The highest BCUT2D eigenvalue weighted by Crippen LogP contribution is 2.33. The molecule has 0 radical (unpaired) electrons. The van der Waals surface area contributed by atoms with E-state index >= 15 is 0 Å². The summed E-state index contributed by atoms with van der Waals surface area (Å²) in [6, 6.07) is 2.38. The third-order valence-corrected chi connectivity index (χ3v) is 4.66. The first-order chi connectivity index (χ1) is 9.04. The molecule has 1 aromatic rings. The minimum atomic E-state index is -4.33. The second-order valence-electron chi connectivity index (χ2n) is 3.89. The van der Waals surface area contributed by atoms with E-state index < -0.39 is 22.6 Å². The Morgan fingerprint density at radius 2 is 1.85 bits per heavy atom. The largest absolute Gasteiger partial charge is 0.396 e. The Kier molecular flexibility index (Phi) is 5.54. The number of hydrogen-bond acceptors (Lipinski definition) is 3. The van der Waals surface area contributed by atoms with Crippen molar-refractivity contribution in [3.63, 3.8) is 0 Å². The Balaban J connectivity index is 2.78. The molecule has 10 heteroatoms. The quantitative estimate of drug-likeness (QED) is 0.632. The normalized spacial score (nSPS) is 12.7. The van der Waals surface area contributed by atoms with Crippen LogP contribution in [0.2, 0.25) is 10.0 Å². The van der Waals surface area contributed by atoms with Crippen LogP contribution in [0.5, 0.6) is 0 Å². The van der Waals surface area contributed by atoms with Crippen molar-refractivity contribution in [2.75, 3.05) is 12.3 Å². The molecule has 0 saturated carbocycles. The van der Waals surface area contributed by atoms with Crippen LogP contribution in [0, 0.1) is 0 Å². The van der Waals surface area contributed by atoms with Crippen molar-refractivity contribution in [2.24, 2.45) is 0 Å². The number of alkyl halides is 3. The number of anilines is 1. The molecule has 1 rings (SSSR count). The van der Waals surface area contributed by atoms with Crippen LogP contribution in [0.25, 0.3) is 0 Å². The molecule has 0 aromatic heterocycles. The van der Waals surface area contributed by atoms with E-state index in [2.05, 4.69) is 0 Å². The molecule has 4 nitrogen and oxygen atoms in total. The van der Waals surface area contributed by atoms with Gasteiger partial charge in [-0.25, -0.2) is 13.1 Å². The molecular weight excluding hydrogens is 340 g/mol. The molecule has 0 fully saturated rings. The lowest BCUT2D eigenvalue weighted by Gasteiger charge is -2.11. The molecule has 3 N–H and O–H groups in total. The van der Waals surface area contributed by atoms with Gasteiger partial charge in [-0.05, 0) is 18.6 Å². The lowest BCUT2D eigenvalue weighted by Crippen LogP contribution is -2.26. The van der Waals surface area contributed by atoms with Gasteiger partial charge in [0, 0.05) is 13.0 Å². The van der Waals surface area contributed by atoms with Crippen molar-refractivity contribution >= 4 is 38.9 Å². The first kappa shape index (κ1) is 17.4. The Morgan fingerprint density at radius 1 is 1.25 bits per heavy atom. The molecule has 114 valence electrons. The average molecular weight is 351 g/mol. The van der Waals surface area contributed by atoms with E-state index in [0.29, 0.717) is 0 Å². The van der Waals surface area contributed by atoms with Crippen LogP contribution in [-0.4, -0.2) is 21.1 Å². The minimum absolute atomic E-state index is 0.0889. The first-order valence-corrected chi connectivity index (χ1v) is 7.58. The Morgan fingerprint density at radius 3 is 2.40 bits per heavy atom. The van der Waals surface area contributed by atoms with Crippen LogP contribution in [0.1, 0.15) is 12.8 Å². The molecule has 0 amide bonds. The van der Waals surface area contributed by atoms with Crippen molar-refractivity contribution in [1.29, 1.82) is 0 Å². The molecule has 0 saturated heterocycles. The predicted molar refractivity (Wildman–Crippen MR) is 71.4 cm³/mol. The molecule has 0 aliphatic heterocycles. The zero-order valence-corrected chi connectivity index (χ0v) is 12.3. The molecule has 0 heterocycles. The summed E-state index contributed by atoms with van der Waals surface area (Å²) in [6.45, 7) is -0.360. The van der Waals surface area contributed by atoms with Gasteiger partial charge < -0.3 is 5.73 Å². The van der Waals surface area contributed by atoms with Crippen molar-refractivity contribution in [1.82, 2.24) is 4.72 Å². The highest BCUT2D eigenvalue weighted by Gasteiger charge is 2.27. The highest BCUT2D eigenvalue weighted by molar-refractivity contribution is 7.89. The third kappa shape index (κ3) is 4.69. The molecular formula is C10H11Cl2F3N2O2S. The number of sulfonamides is 1. The van der Waals surface area contributed by atoms with E-state index in [1.807, 2.05) is 4.72 Å². The van der Waals surface area contributed by atoms with Crippen LogP contribution in [0.4, 0.5) is 18.9 Å². The van der Waals surface area contributed by atoms with Crippen molar-refractivity contribution in [3.05, 3.63) is 22.2 Å². The standard InChI is InChI=1S/C10H11Cl2F3N2O2S/c11-6-2-3-7(8(12)9(6)16)20(18,19)17-5-1-4-10(13,14)15/h2-3,17H,1,4-5,16H2. The van der Waals surface area contributed by atoms with Gasteiger partial charge in [-0.2, -0.15) is 13.2 Å². The second-order valence-corrected chi connectivity index (χ2v) is 6.41. The molecule has 0 unspecified atom stereocenters. The van der Waals surface area contributed by atoms with Gasteiger partial charge in [0.05, 0.1) is 15.7 Å². The number of nitrogens with two attached hydrogens (primary N) is 1. The Labute approximate surface area is 124 Å². The van der Waals surface area contributed by atoms with Gasteiger partial charge in [0.15, 0.2) is 0 Å². The number of hydrogen-bond donors (Lipinski definition) is 2. The predicted octanol–water partition coefficient (Wildman–Crippen LogP) is 3.20. The molecule has 1 aromatic carbocycles. The van der Waals surface area contributed by atoms with E-state index in [9.17, 15) is 21.6 Å². The fourth-order valence-corrected chi connectivity index (χ4v) is 3.17. The lowest BCUT2D eigenvalue weighted by atomic mass is 10.3. The lowest BCUT2D eigenvalue weighted by molar-refractivity contribution is -0.135. The van der Waals surface area contributed by atoms with Crippen LogP contribution in [0.3, 0.4) is 0 Å². The monoisotopic (exact) mass is 350 g/mol. The first-order valence-electron chi connectivity index (χ1n) is 5.34. The number of nitrogen functional groups attached to an aromatic ring is 1. The third-order valence-electron chi connectivity index (χ3n) is 2.31. The molecule has 0 bridgehead atoms. The van der Waals surface area contributed by atoms with Gasteiger partial charge in [0.2, 0.25) is 10.0 Å². The number of halogens is 5. The Bertz CT molecular complexity index is 591. The zero-order valence-electron chi connectivity index (χ0n) is 9.97. The fraction of sp³-hybridized carbons (Fsp3) is 0.400. The average Bonchev–Trinajstić information content (AvgIpc) is 2.30. The van der Waals surface area contributed by atoms with Gasteiger partial charge in [0.25, 0.3) is 0 Å². The summed E-state index contributed by atoms with van der Waals surface area (Å²) >= 11 is 11.4. The van der Waals surface area contributed by atoms with Crippen LogP contribution < -0.4 is 10.5 Å². The van der Waals surface area contributed by atoms with E-state index in [0.717, 1.165) is 6.07 Å². The summed E-state index contributed by atoms with van der Waals surface area (Å²) in [5, 5.41) is -0.174. The zero-order chi connectivity index (χ0) is 15.6. The number of rotatable bonds is 5. The highest BCUT2D eigenvalue weighted by atomic mass is 35.5. The van der Waals surface area contributed by atoms with E-state index in [4.69, 9.17) is 28.9 Å². The maximum absolute atomic E-state index is 11.9. The van der Waals surface area contributed by atoms with Crippen molar-refractivity contribution < 1.29 is 21.6 Å². The summed E-state index contributed by atoms with van der Waals surface area (Å²) in [5.74, 6) is 0. The minimum Gasteiger partial charge on any atom is -0.396 e. The van der Waals surface area contributed by atoms with Crippen LogP contribution in [-0.2, 0) is 10.0 Å². The maximum atomic E-state index is 11.9. The summed E-state index contributed by atoms with van der Waals surface area (Å²) in [4.78, 5) is -0.326. The van der Waals surface area contributed by atoms with Crippen LogP contribution >= 0.6 is 23.2 Å². The van der Waals surface area contributed by atoms with E-state index in [1.165, 1.54) is 6.07 Å². The molecule has 0 atom stereocenters. The maximum Gasteiger partial charge on any atom is 0.389 e. The van der Waals surface area contributed by atoms with Gasteiger partial charge in [0.1, 0.15) is 4.90 Å². The van der Waals surface area contributed by atoms with E-state index in [1.54, 1.807) is 0 Å². The fourth-order valence-electron chi connectivity index (χ4n) is 1.33. The van der Waals surface area contributed by atoms with Gasteiger partial charge in [-0.1, -0.05) is 23.2 Å².